The quantitative estimate of drug-likeness (QED) is 0.487. The lowest BCUT2D eigenvalue weighted by molar-refractivity contribution is -0.908. The number of anilines is 1. The van der Waals surface area contributed by atoms with Crippen molar-refractivity contribution in [3.8, 4) is 0 Å². The maximum atomic E-state index is 13.7. The zero-order valence-corrected chi connectivity index (χ0v) is 21.4. The fourth-order valence-corrected chi connectivity index (χ4v) is 5.71. The number of ether oxygens (including phenoxy) is 1. The second-order valence-electron chi connectivity index (χ2n) is 9.38. The van der Waals surface area contributed by atoms with Crippen LogP contribution in [0.25, 0.3) is 0 Å². The number of amides is 2. The third-order valence-corrected chi connectivity index (χ3v) is 7.89. The zero-order chi connectivity index (χ0) is 24.9. The van der Waals surface area contributed by atoms with Gasteiger partial charge in [0.2, 0.25) is 0 Å². The fraction of sp³-hybridized carbons (Fsp3) is 0.310. The lowest BCUT2D eigenvalue weighted by atomic mass is 10.1. The molecule has 0 aliphatic carbocycles. The molecule has 0 atom stereocenters. The van der Waals surface area contributed by atoms with Crippen LogP contribution in [0.15, 0.2) is 76.5 Å². The molecule has 7 heteroatoms. The molecule has 2 amide bonds. The molecule has 2 aliphatic heterocycles. The summed E-state index contributed by atoms with van der Waals surface area (Å²) in [6, 6.07) is 21.6. The molecule has 0 radical (unpaired) electrons. The van der Waals surface area contributed by atoms with E-state index in [0.29, 0.717) is 24.2 Å². The normalized spacial score (nSPS) is 15.7. The van der Waals surface area contributed by atoms with Gasteiger partial charge in [-0.3, -0.25) is 9.59 Å². The summed E-state index contributed by atoms with van der Waals surface area (Å²) in [5.74, 6) is -0.159. The minimum absolute atomic E-state index is 0.0523. The molecule has 1 saturated heterocycles. The standard InChI is InChI=1S/C29H31N3O3S/c1-21-7-9-22(10-8-21)20-32-25-19-23(28(33)30-13-4-14-31-15-17-35-18-16-31)11-12-27(25)36-26-6-3-2-5-24(26)29(32)34/h2-3,5-12,19H,4,13-18,20H2,1H3,(H,30,33)/p+1. The number of nitrogens with zero attached hydrogens (tertiary/aromatic N) is 1. The number of fused-ring (bicyclic) bond motifs is 2. The Balaban J connectivity index is 1.36. The molecule has 0 aromatic heterocycles. The van der Waals surface area contributed by atoms with Gasteiger partial charge in [-0.25, -0.2) is 0 Å². The third kappa shape index (κ3) is 5.64. The maximum Gasteiger partial charge on any atom is 0.259 e. The Bertz CT molecular complexity index is 1240. The van der Waals surface area contributed by atoms with Crippen molar-refractivity contribution in [1.29, 1.82) is 0 Å². The number of nitrogens with one attached hydrogen (secondary N) is 2. The maximum absolute atomic E-state index is 13.7. The lowest BCUT2D eigenvalue weighted by Crippen LogP contribution is -3.14. The summed E-state index contributed by atoms with van der Waals surface area (Å²) in [6.45, 7) is 7.85. The SMILES string of the molecule is Cc1ccc(CN2C(=O)c3ccccc3Sc3ccc(C(=O)NCCC[NH+]4CCOCC4)cc32)cc1. The molecule has 6 nitrogen and oxygen atoms in total. The predicted molar refractivity (Wildman–Crippen MR) is 142 cm³/mol. The summed E-state index contributed by atoms with van der Waals surface area (Å²) in [5, 5.41) is 3.07. The van der Waals surface area contributed by atoms with Gasteiger partial charge in [-0.15, -0.1) is 0 Å². The lowest BCUT2D eigenvalue weighted by Gasteiger charge is -2.24. The van der Waals surface area contributed by atoms with E-state index in [2.05, 4.69) is 36.5 Å². The summed E-state index contributed by atoms with van der Waals surface area (Å²) in [4.78, 5) is 32.0. The molecule has 1 fully saturated rings. The summed E-state index contributed by atoms with van der Waals surface area (Å²) in [6.07, 6.45) is 0.926. The largest absolute Gasteiger partial charge is 0.370 e. The predicted octanol–water partition coefficient (Wildman–Crippen LogP) is 3.34. The van der Waals surface area contributed by atoms with E-state index in [9.17, 15) is 9.59 Å². The monoisotopic (exact) mass is 502 g/mol. The van der Waals surface area contributed by atoms with Gasteiger partial charge in [0, 0.05) is 28.3 Å². The van der Waals surface area contributed by atoms with Gasteiger partial charge in [-0.2, -0.15) is 0 Å². The highest BCUT2D eigenvalue weighted by molar-refractivity contribution is 7.99. The highest BCUT2D eigenvalue weighted by Crippen LogP contribution is 2.42. The van der Waals surface area contributed by atoms with Gasteiger partial charge in [0.1, 0.15) is 13.1 Å². The number of benzene rings is 3. The molecule has 186 valence electrons. The van der Waals surface area contributed by atoms with Crippen molar-refractivity contribution in [1.82, 2.24) is 5.32 Å². The second kappa shape index (κ2) is 11.3. The third-order valence-electron chi connectivity index (χ3n) is 6.75. The first-order valence-electron chi connectivity index (χ1n) is 12.6. The van der Waals surface area contributed by atoms with Crippen molar-refractivity contribution in [2.24, 2.45) is 0 Å². The Morgan fingerprint density at radius 3 is 2.61 bits per heavy atom. The molecule has 0 bridgehead atoms. The molecule has 3 aromatic rings. The summed E-state index contributed by atoms with van der Waals surface area (Å²) in [5.41, 5.74) is 4.25. The van der Waals surface area contributed by atoms with Crippen molar-refractivity contribution in [2.75, 3.05) is 44.3 Å². The van der Waals surface area contributed by atoms with E-state index in [-0.39, 0.29) is 11.8 Å². The van der Waals surface area contributed by atoms with Crippen molar-refractivity contribution < 1.29 is 19.2 Å². The van der Waals surface area contributed by atoms with Crippen LogP contribution in [0.4, 0.5) is 5.69 Å². The van der Waals surface area contributed by atoms with E-state index in [1.807, 2.05) is 42.5 Å². The summed E-state index contributed by atoms with van der Waals surface area (Å²) < 4.78 is 5.42. The smallest absolute Gasteiger partial charge is 0.259 e. The van der Waals surface area contributed by atoms with Crippen molar-refractivity contribution in [3.63, 3.8) is 0 Å². The first-order valence-corrected chi connectivity index (χ1v) is 13.4. The average Bonchev–Trinajstić information content (AvgIpc) is 3.02. The zero-order valence-electron chi connectivity index (χ0n) is 20.6. The van der Waals surface area contributed by atoms with Gasteiger partial charge in [-0.05, 0) is 42.8 Å². The first kappa shape index (κ1) is 24.6. The molecule has 3 aromatic carbocycles. The Morgan fingerprint density at radius 2 is 1.81 bits per heavy atom. The van der Waals surface area contributed by atoms with Crippen molar-refractivity contribution >= 4 is 29.3 Å². The molecule has 2 aliphatic rings. The number of carbonyl (C=O) groups excluding carboxylic acids is 2. The second-order valence-corrected chi connectivity index (χ2v) is 10.5. The molecular weight excluding hydrogens is 470 g/mol. The Morgan fingerprint density at radius 1 is 1.03 bits per heavy atom. The van der Waals surface area contributed by atoms with E-state index in [4.69, 9.17) is 4.74 Å². The summed E-state index contributed by atoms with van der Waals surface area (Å²) in [7, 11) is 0. The van der Waals surface area contributed by atoms with Crippen LogP contribution in [0, 0.1) is 6.92 Å². The van der Waals surface area contributed by atoms with E-state index in [1.54, 1.807) is 16.7 Å². The summed E-state index contributed by atoms with van der Waals surface area (Å²) >= 11 is 1.57. The van der Waals surface area contributed by atoms with Crippen LogP contribution in [-0.2, 0) is 11.3 Å². The Labute approximate surface area is 216 Å². The number of morpholine rings is 1. The fourth-order valence-electron chi connectivity index (χ4n) is 4.65. The number of rotatable bonds is 7. The number of hydrogen-bond acceptors (Lipinski definition) is 4. The first-order chi connectivity index (χ1) is 17.6. The molecule has 0 saturated carbocycles. The van der Waals surface area contributed by atoms with Gasteiger partial charge in [-0.1, -0.05) is 53.7 Å². The minimum atomic E-state index is -0.107. The molecule has 2 heterocycles. The highest BCUT2D eigenvalue weighted by atomic mass is 32.2. The molecule has 0 unspecified atom stereocenters. The van der Waals surface area contributed by atoms with Crippen molar-refractivity contribution in [2.45, 2.75) is 29.7 Å². The molecule has 0 spiro atoms. The number of hydrogen-bond donors (Lipinski definition) is 2. The number of aryl methyl sites for hydroxylation is 1. The van der Waals surface area contributed by atoms with Crippen LogP contribution in [0.3, 0.4) is 0 Å². The van der Waals surface area contributed by atoms with Gasteiger partial charge in [0.05, 0.1) is 37.6 Å². The van der Waals surface area contributed by atoms with Gasteiger partial charge in [0.15, 0.2) is 0 Å². The minimum Gasteiger partial charge on any atom is -0.370 e. The van der Waals surface area contributed by atoms with Crippen LogP contribution in [0.1, 0.15) is 38.3 Å². The van der Waals surface area contributed by atoms with Gasteiger partial charge < -0.3 is 19.9 Å². The topological polar surface area (TPSA) is 63.1 Å². The van der Waals surface area contributed by atoms with Crippen LogP contribution >= 0.6 is 11.8 Å². The number of carbonyl (C=O) groups is 2. The molecule has 36 heavy (non-hydrogen) atoms. The van der Waals surface area contributed by atoms with Gasteiger partial charge >= 0.3 is 0 Å². The van der Waals surface area contributed by atoms with E-state index >= 15 is 0 Å². The van der Waals surface area contributed by atoms with Crippen LogP contribution in [0.5, 0.6) is 0 Å². The van der Waals surface area contributed by atoms with Crippen LogP contribution < -0.4 is 15.1 Å². The highest BCUT2D eigenvalue weighted by Gasteiger charge is 2.28. The average molecular weight is 503 g/mol. The van der Waals surface area contributed by atoms with E-state index in [0.717, 1.165) is 60.3 Å². The molecule has 5 rings (SSSR count). The van der Waals surface area contributed by atoms with Gasteiger partial charge in [0.25, 0.3) is 11.8 Å². The van der Waals surface area contributed by atoms with Crippen LogP contribution in [0.2, 0.25) is 0 Å². The molecular formula is C29H32N3O3S+. The van der Waals surface area contributed by atoms with E-state index < -0.39 is 0 Å². The Hall–Kier alpha value is -3.13. The van der Waals surface area contributed by atoms with Crippen molar-refractivity contribution in [3.05, 3.63) is 89.0 Å². The van der Waals surface area contributed by atoms with E-state index in [1.165, 1.54) is 10.5 Å². The Kier molecular flexibility index (Phi) is 7.70. The number of quaternary nitrogens is 1. The molecule has 2 N–H and O–H groups in total. The van der Waals surface area contributed by atoms with Crippen LogP contribution in [-0.4, -0.2) is 51.2 Å².